The van der Waals surface area contributed by atoms with Crippen molar-refractivity contribution < 1.29 is 31.5 Å². The van der Waals surface area contributed by atoms with Gasteiger partial charge in [0.05, 0.1) is 18.7 Å². The molecule has 10 heteroatoms. The van der Waals surface area contributed by atoms with Gasteiger partial charge in [-0.15, -0.1) is 0 Å². The number of carbonyl (C=O) groups is 1. The van der Waals surface area contributed by atoms with Crippen LogP contribution in [0.2, 0.25) is 0 Å². The zero-order valence-corrected chi connectivity index (χ0v) is 18.8. The number of methoxy groups -OCH3 is 1. The summed E-state index contributed by atoms with van der Waals surface area (Å²) in [6.45, 7) is 1.55. The van der Waals surface area contributed by atoms with Crippen LogP contribution in [0.5, 0.6) is 0 Å². The minimum Gasteiger partial charge on any atom is -0.465 e. The second kappa shape index (κ2) is 8.78. The third-order valence-electron chi connectivity index (χ3n) is 6.99. The number of aryl methyl sites for hydroxylation is 1. The molecule has 0 radical (unpaired) electrons. The molecule has 0 unspecified atom stereocenters. The van der Waals surface area contributed by atoms with E-state index in [4.69, 9.17) is 0 Å². The van der Waals surface area contributed by atoms with E-state index in [1.54, 1.807) is 13.0 Å². The lowest BCUT2D eigenvalue weighted by atomic mass is 9.74. The van der Waals surface area contributed by atoms with Gasteiger partial charge in [-0.3, -0.25) is 9.78 Å². The number of aromatic nitrogens is 2. The summed E-state index contributed by atoms with van der Waals surface area (Å²) < 4.78 is 71.0. The lowest BCUT2D eigenvalue weighted by Gasteiger charge is -2.35. The van der Waals surface area contributed by atoms with Crippen molar-refractivity contribution >= 4 is 5.97 Å². The number of rotatable bonds is 4. The van der Waals surface area contributed by atoms with Crippen LogP contribution in [0.4, 0.5) is 22.0 Å². The fourth-order valence-corrected chi connectivity index (χ4v) is 5.07. The van der Waals surface area contributed by atoms with Crippen LogP contribution in [-0.4, -0.2) is 35.1 Å². The van der Waals surface area contributed by atoms with E-state index in [1.165, 1.54) is 12.3 Å². The molecule has 0 atom stereocenters. The van der Waals surface area contributed by atoms with E-state index in [1.807, 2.05) is 0 Å². The third-order valence-corrected chi connectivity index (χ3v) is 6.99. The Bertz CT molecular complexity index is 1140. The van der Waals surface area contributed by atoms with Gasteiger partial charge in [0, 0.05) is 48.0 Å². The van der Waals surface area contributed by atoms with Crippen molar-refractivity contribution in [1.82, 2.24) is 9.97 Å². The molecule has 34 heavy (non-hydrogen) atoms. The van der Waals surface area contributed by atoms with Crippen molar-refractivity contribution in [2.45, 2.75) is 69.4 Å². The predicted molar refractivity (Wildman–Crippen MR) is 114 cm³/mol. The smallest absolute Gasteiger partial charge is 0.391 e. The minimum atomic E-state index is -4.25. The van der Waals surface area contributed by atoms with Crippen LogP contribution in [0.1, 0.15) is 77.7 Å². The molecular formula is C24H25F5N2O3. The van der Waals surface area contributed by atoms with E-state index in [2.05, 4.69) is 14.7 Å². The first-order chi connectivity index (χ1) is 15.9. The molecule has 1 N–H and O–H groups in total. The van der Waals surface area contributed by atoms with E-state index in [-0.39, 0.29) is 55.7 Å². The van der Waals surface area contributed by atoms with Gasteiger partial charge in [0.2, 0.25) is 5.92 Å². The maximum atomic E-state index is 13.4. The summed E-state index contributed by atoms with van der Waals surface area (Å²) in [6, 6.07) is 2.94. The predicted octanol–water partition coefficient (Wildman–Crippen LogP) is 5.88. The average Bonchev–Trinajstić information content (AvgIpc) is 2.75. The van der Waals surface area contributed by atoms with Gasteiger partial charge < -0.3 is 9.72 Å². The van der Waals surface area contributed by atoms with Gasteiger partial charge in [0.25, 0.3) is 0 Å². The Morgan fingerprint density at radius 3 is 2.29 bits per heavy atom. The van der Waals surface area contributed by atoms with E-state index < -0.39 is 35.3 Å². The number of halogens is 5. The van der Waals surface area contributed by atoms with Crippen LogP contribution >= 0.6 is 0 Å². The first kappa shape index (κ1) is 24.3. The molecule has 5 nitrogen and oxygen atoms in total. The van der Waals surface area contributed by atoms with Crippen LogP contribution in [-0.2, 0) is 4.74 Å². The molecule has 2 heterocycles. The van der Waals surface area contributed by atoms with Crippen molar-refractivity contribution in [2.75, 3.05) is 7.11 Å². The summed E-state index contributed by atoms with van der Waals surface area (Å²) in [5, 5.41) is 0. The number of hydrogen-bond acceptors (Lipinski definition) is 4. The Balaban J connectivity index is 1.73. The third kappa shape index (κ3) is 4.72. The average molecular weight is 484 g/mol. The summed E-state index contributed by atoms with van der Waals surface area (Å²) >= 11 is 0. The first-order valence-corrected chi connectivity index (χ1v) is 11.2. The van der Waals surface area contributed by atoms with Gasteiger partial charge in [0.1, 0.15) is 5.56 Å². The number of pyridine rings is 2. The van der Waals surface area contributed by atoms with E-state index >= 15 is 0 Å². The summed E-state index contributed by atoms with van der Waals surface area (Å²) in [6.07, 6.45) is -2.88. The topological polar surface area (TPSA) is 72.1 Å². The number of hydrogen-bond donors (Lipinski definition) is 1. The zero-order chi connectivity index (χ0) is 24.8. The molecule has 4 rings (SSSR count). The van der Waals surface area contributed by atoms with Gasteiger partial charge in [-0.05, 0) is 50.2 Å². The van der Waals surface area contributed by atoms with Crippen LogP contribution in [0, 0.1) is 12.8 Å². The van der Waals surface area contributed by atoms with Gasteiger partial charge in [-0.2, -0.15) is 13.2 Å². The zero-order valence-electron chi connectivity index (χ0n) is 18.8. The molecule has 184 valence electrons. The maximum absolute atomic E-state index is 13.4. The Morgan fingerprint density at radius 1 is 1.12 bits per heavy atom. The second-order valence-corrected chi connectivity index (χ2v) is 9.29. The molecule has 0 saturated heterocycles. The fourth-order valence-electron chi connectivity index (χ4n) is 5.07. The summed E-state index contributed by atoms with van der Waals surface area (Å²) in [5.41, 5.74) is 1.62. The normalized spacial score (nSPS) is 22.8. The van der Waals surface area contributed by atoms with Gasteiger partial charge in [-0.25, -0.2) is 13.6 Å². The van der Waals surface area contributed by atoms with Crippen molar-refractivity contribution in [3.8, 4) is 11.3 Å². The number of nitrogens with zero attached hydrogens (tertiary/aromatic N) is 1. The van der Waals surface area contributed by atoms with Crippen LogP contribution < -0.4 is 5.43 Å². The number of alkyl halides is 5. The summed E-state index contributed by atoms with van der Waals surface area (Å²) in [7, 11) is 1.16. The van der Waals surface area contributed by atoms with Crippen molar-refractivity contribution in [1.29, 1.82) is 0 Å². The molecule has 0 amide bonds. The Kier molecular flexibility index (Phi) is 6.29. The molecule has 0 aliphatic heterocycles. The van der Waals surface area contributed by atoms with Crippen molar-refractivity contribution in [3.05, 3.63) is 51.1 Å². The quantitative estimate of drug-likeness (QED) is 0.435. The Labute approximate surface area is 192 Å². The monoisotopic (exact) mass is 484 g/mol. The minimum absolute atomic E-state index is 0.0242. The first-order valence-electron chi connectivity index (χ1n) is 11.2. The molecule has 2 aliphatic rings. The van der Waals surface area contributed by atoms with E-state index in [9.17, 15) is 31.5 Å². The van der Waals surface area contributed by atoms with Crippen LogP contribution in [0.15, 0.2) is 23.1 Å². The standard InChI is InChI=1S/C24H25F5N2O3/c1-12-21(22(33)34-2)20(32)8-19(31-12)17-11-30-18(14-9-23(25,26)10-14)7-16(17)13-3-5-15(6-4-13)24(27,28)29/h7-8,11,13-15H,3-6,9-10H2,1-2H3,(H,31,32). The van der Waals surface area contributed by atoms with Gasteiger partial charge >= 0.3 is 12.1 Å². The molecule has 0 aromatic carbocycles. The fraction of sp³-hybridized carbons (Fsp3) is 0.542. The lowest BCUT2D eigenvalue weighted by Crippen LogP contribution is -2.34. The van der Waals surface area contributed by atoms with Gasteiger partial charge in [0.15, 0.2) is 5.43 Å². The highest BCUT2D eigenvalue weighted by Gasteiger charge is 2.47. The number of esters is 1. The molecule has 2 aromatic rings. The molecular weight excluding hydrogens is 459 g/mol. The molecule has 2 aliphatic carbocycles. The number of aromatic amines is 1. The Hall–Kier alpha value is -2.78. The van der Waals surface area contributed by atoms with Crippen molar-refractivity contribution in [3.63, 3.8) is 0 Å². The second-order valence-electron chi connectivity index (χ2n) is 9.29. The van der Waals surface area contributed by atoms with Crippen LogP contribution in [0.25, 0.3) is 11.3 Å². The van der Waals surface area contributed by atoms with Crippen LogP contribution in [0.3, 0.4) is 0 Å². The molecule has 2 fully saturated rings. The molecule has 2 aromatic heterocycles. The van der Waals surface area contributed by atoms with E-state index in [0.717, 1.165) is 7.11 Å². The SMILES string of the molecule is COC(=O)c1c(C)[nH]c(-c2cnc(C3CC(F)(F)C3)cc2C2CCC(C(F)(F)F)CC2)cc1=O. The number of nitrogens with one attached hydrogen (secondary N) is 1. The highest BCUT2D eigenvalue weighted by Crippen LogP contribution is 2.49. The highest BCUT2D eigenvalue weighted by atomic mass is 19.4. The van der Waals surface area contributed by atoms with Crippen molar-refractivity contribution in [2.24, 2.45) is 5.92 Å². The summed E-state index contributed by atoms with van der Waals surface area (Å²) in [5.74, 6) is -5.53. The summed E-state index contributed by atoms with van der Waals surface area (Å²) in [4.78, 5) is 31.9. The number of ether oxygens (including phenoxy) is 1. The van der Waals surface area contributed by atoms with E-state index in [0.29, 0.717) is 22.5 Å². The molecule has 2 saturated carbocycles. The van der Waals surface area contributed by atoms with Gasteiger partial charge in [-0.1, -0.05) is 0 Å². The Morgan fingerprint density at radius 2 is 1.76 bits per heavy atom. The highest BCUT2D eigenvalue weighted by molar-refractivity contribution is 5.90. The largest absolute Gasteiger partial charge is 0.465 e. The lowest BCUT2D eigenvalue weighted by molar-refractivity contribution is -0.182. The number of carbonyl (C=O) groups excluding carboxylic acids is 1. The number of H-pyrrole nitrogens is 1. The molecule has 0 bridgehead atoms. The molecule has 0 spiro atoms. The maximum Gasteiger partial charge on any atom is 0.391 e.